The van der Waals surface area contributed by atoms with E-state index < -0.39 is 72.8 Å². The molecule has 18 heteroatoms. The molecule has 2 aliphatic rings. The fraction of sp³-hybridized carbons (Fsp3) is 0.457. The minimum absolute atomic E-state index is 0.0877. The van der Waals surface area contributed by atoms with Crippen molar-refractivity contribution in [2.45, 2.75) is 102 Å². The van der Waals surface area contributed by atoms with Crippen molar-refractivity contribution in [2.75, 3.05) is 19.7 Å². The summed E-state index contributed by atoms with van der Waals surface area (Å²) in [5.74, 6) is -3.87. The molecule has 3 aromatic carbocycles. The van der Waals surface area contributed by atoms with Crippen LogP contribution in [0.15, 0.2) is 72.9 Å². The number of aromatic nitrogens is 2. The van der Waals surface area contributed by atoms with Crippen molar-refractivity contribution >= 4 is 46.8 Å². The number of amides is 4. The van der Waals surface area contributed by atoms with E-state index >= 15 is 0 Å². The molecule has 0 saturated carbocycles. The van der Waals surface area contributed by atoms with Crippen LogP contribution in [0.25, 0.3) is 11.3 Å². The number of rotatable bonds is 11. The Morgan fingerprint density at radius 2 is 1.66 bits per heavy atom. The molecule has 2 aliphatic heterocycles. The van der Waals surface area contributed by atoms with Crippen molar-refractivity contribution in [1.29, 1.82) is 0 Å². The van der Waals surface area contributed by atoms with Crippen LogP contribution in [0.5, 0.6) is 11.5 Å². The zero-order chi connectivity index (χ0) is 46.6. The SMILES string of the molecule is C[C@H]1C(=O)N[C@@H](CO)C(=O)N[C@@]2(Cc3ccc(Cl)cc3)CCCN(C2)C(=O)[C@H](CC(F)(F)F)CC(=O)N1Cc1ccc(Cl)cc1Oc1ccc(-c2cnc(CNC(C)(C)C)n2C)cc1. The lowest BCUT2D eigenvalue weighted by molar-refractivity contribution is -0.164. The smallest absolute Gasteiger partial charge is 0.389 e. The third kappa shape index (κ3) is 12.3. The van der Waals surface area contributed by atoms with Gasteiger partial charge in [-0.05, 0) is 101 Å². The summed E-state index contributed by atoms with van der Waals surface area (Å²) in [4.78, 5) is 63.5. The number of ether oxygens (including phenoxy) is 1. The maximum Gasteiger partial charge on any atom is 0.389 e. The number of carbonyl (C=O) groups excluding carboxylic acids is 4. The molecule has 4 N–H and O–H groups in total. The molecular formula is C46H54Cl2F3N7O6. The molecule has 13 nitrogen and oxygen atoms in total. The van der Waals surface area contributed by atoms with Gasteiger partial charge in [-0.15, -0.1) is 0 Å². The van der Waals surface area contributed by atoms with E-state index in [0.717, 1.165) is 27.5 Å². The Hall–Kier alpha value is -5.16. The molecule has 1 aromatic heterocycles. The second kappa shape index (κ2) is 19.9. The van der Waals surface area contributed by atoms with Crippen LogP contribution in [0.1, 0.15) is 70.3 Å². The molecule has 0 radical (unpaired) electrons. The average Bonchev–Trinajstić information content (AvgIpc) is 3.60. The van der Waals surface area contributed by atoms with Crippen LogP contribution >= 0.6 is 23.2 Å². The standard InChI is InChI=1S/C46H54Cl2F3N7O6/c1-28-41(61)54-36(26-59)42(62)55-45(21-29-7-12-33(47)13-8-29)17-6-18-57(27-45)43(63)32(22-46(49,50)51)19-40(60)58(28)25-31-9-14-34(48)20-38(31)64-35-15-10-30(11-16-35)37-23-52-39(56(37)5)24-53-44(2,3)4/h7-16,20,23,28,32,36,53,59H,6,17-19,21-22,24-27H2,1-5H3,(H,54,61)(H,55,62)/t28-,32-,36-,45+/m0/s1. The summed E-state index contributed by atoms with van der Waals surface area (Å²) in [6.45, 7) is 6.87. The topological polar surface area (TPSA) is 158 Å². The Morgan fingerprint density at radius 3 is 2.31 bits per heavy atom. The molecule has 0 aliphatic carbocycles. The van der Waals surface area contributed by atoms with Gasteiger partial charge >= 0.3 is 6.18 Å². The molecule has 64 heavy (non-hydrogen) atoms. The summed E-state index contributed by atoms with van der Waals surface area (Å²) in [5.41, 5.74) is 1.51. The summed E-state index contributed by atoms with van der Waals surface area (Å²) in [5, 5.41) is 20.1. The largest absolute Gasteiger partial charge is 0.457 e. The van der Waals surface area contributed by atoms with E-state index in [4.69, 9.17) is 27.9 Å². The van der Waals surface area contributed by atoms with Gasteiger partial charge in [0.1, 0.15) is 29.4 Å². The molecule has 0 spiro atoms. The minimum Gasteiger partial charge on any atom is -0.457 e. The van der Waals surface area contributed by atoms with E-state index in [0.29, 0.717) is 35.7 Å². The van der Waals surface area contributed by atoms with Gasteiger partial charge in [-0.2, -0.15) is 13.2 Å². The Balaban J connectivity index is 1.30. The first-order chi connectivity index (χ1) is 30.1. The second-order valence-corrected chi connectivity index (χ2v) is 18.6. The third-order valence-corrected chi connectivity index (χ3v) is 12.1. The van der Waals surface area contributed by atoms with Crippen LogP contribution in [0, 0.1) is 5.92 Å². The van der Waals surface area contributed by atoms with Crippen molar-refractivity contribution < 1.29 is 42.2 Å². The monoisotopic (exact) mass is 927 g/mol. The van der Waals surface area contributed by atoms with Gasteiger partial charge in [-0.3, -0.25) is 19.2 Å². The number of aliphatic hydroxyl groups excluding tert-OH is 1. The molecule has 2 bridgehead atoms. The molecule has 0 unspecified atom stereocenters. The summed E-state index contributed by atoms with van der Waals surface area (Å²) in [6, 6.07) is 15.7. The van der Waals surface area contributed by atoms with Crippen LogP contribution in [0.4, 0.5) is 13.2 Å². The van der Waals surface area contributed by atoms with Gasteiger partial charge in [0.2, 0.25) is 23.6 Å². The first-order valence-electron chi connectivity index (χ1n) is 21.1. The van der Waals surface area contributed by atoms with Crippen LogP contribution in [0.3, 0.4) is 0 Å². The number of piperidine rings is 1. The van der Waals surface area contributed by atoms with Crippen molar-refractivity contribution in [1.82, 2.24) is 35.3 Å². The number of carbonyl (C=O) groups is 4. The van der Waals surface area contributed by atoms with Crippen molar-refractivity contribution in [3.05, 3.63) is 99.9 Å². The van der Waals surface area contributed by atoms with Crippen LogP contribution in [-0.4, -0.2) is 97.1 Å². The molecule has 2 fully saturated rings. The number of hydrogen-bond acceptors (Lipinski definition) is 8. The normalized spacial score (nSPS) is 21.6. The number of aliphatic hydroxyl groups is 1. The maximum absolute atomic E-state index is 14.4. The minimum atomic E-state index is -4.83. The van der Waals surface area contributed by atoms with Crippen molar-refractivity contribution in [2.24, 2.45) is 13.0 Å². The van der Waals surface area contributed by atoms with Gasteiger partial charge in [-0.1, -0.05) is 41.4 Å². The molecule has 6 rings (SSSR count). The van der Waals surface area contributed by atoms with Crippen molar-refractivity contribution in [3.63, 3.8) is 0 Å². The quantitative estimate of drug-likeness (QED) is 0.126. The Labute approximate surface area is 380 Å². The first-order valence-corrected chi connectivity index (χ1v) is 21.8. The van der Waals surface area contributed by atoms with E-state index in [2.05, 4.69) is 41.7 Å². The highest BCUT2D eigenvalue weighted by Gasteiger charge is 2.45. The van der Waals surface area contributed by atoms with E-state index in [1.54, 1.807) is 48.7 Å². The number of halogens is 5. The van der Waals surface area contributed by atoms with Gasteiger partial charge in [0.15, 0.2) is 0 Å². The van der Waals surface area contributed by atoms with Gasteiger partial charge in [0.25, 0.3) is 0 Å². The van der Waals surface area contributed by atoms with Crippen LogP contribution in [-0.2, 0) is 45.7 Å². The highest BCUT2D eigenvalue weighted by Crippen LogP contribution is 2.35. The Morgan fingerprint density at radius 1 is 0.969 bits per heavy atom. The lowest BCUT2D eigenvalue weighted by Crippen LogP contribution is -2.65. The van der Waals surface area contributed by atoms with Gasteiger partial charge in [0, 0.05) is 53.3 Å². The number of nitrogens with zero attached hydrogens (tertiary/aromatic N) is 4. The molecule has 3 heterocycles. The molecule has 4 atom stereocenters. The lowest BCUT2D eigenvalue weighted by atomic mass is 9.82. The van der Waals surface area contributed by atoms with E-state index in [-0.39, 0.29) is 42.4 Å². The molecule has 2 saturated heterocycles. The molecular weight excluding hydrogens is 874 g/mol. The highest BCUT2D eigenvalue weighted by atomic mass is 35.5. The third-order valence-electron chi connectivity index (χ3n) is 11.6. The molecule has 4 amide bonds. The first kappa shape index (κ1) is 48.3. The predicted octanol–water partition coefficient (Wildman–Crippen LogP) is 6.96. The number of fused-ring (bicyclic) bond motifs is 2. The summed E-state index contributed by atoms with van der Waals surface area (Å²) in [7, 11) is 1.93. The molecule has 344 valence electrons. The van der Waals surface area contributed by atoms with Gasteiger partial charge < -0.3 is 40.2 Å². The zero-order valence-electron chi connectivity index (χ0n) is 36.4. The van der Waals surface area contributed by atoms with E-state index in [9.17, 15) is 37.5 Å². The number of alkyl halides is 3. The number of hydrogen-bond donors (Lipinski definition) is 4. The number of imidazole rings is 1. The number of benzene rings is 3. The summed E-state index contributed by atoms with van der Waals surface area (Å²) in [6.07, 6.45) is -4.70. The second-order valence-electron chi connectivity index (χ2n) is 17.7. The van der Waals surface area contributed by atoms with Crippen molar-refractivity contribution in [3.8, 4) is 22.8 Å². The lowest BCUT2D eigenvalue weighted by Gasteiger charge is -2.45. The Kier molecular flexibility index (Phi) is 15.0. The van der Waals surface area contributed by atoms with E-state index in [1.807, 2.05) is 23.7 Å². The Bertz CT molecular complexity index is 2320. The average molecular weight is 929 g/mol. The van der Waals surface area contributed by atoms with Crippen LogP contribution in [0.2, 0.25) is 10.0 Å². The number of nitrogens with one attached hydrogen (secondary N) is 3. The fourth-order valence-corrected chi connectivity index (χ4v) is 8.40. The zero-order valence-corrected chi connectivity index (χ0v) is 37.9. The summed E-state index contributed by atoms with van der Waals surface area (Å²) >= 11 is 12.5. The maximum atomic E-state index is 14.4. The van der Waals surface area contributed by atoms with E-state index in [1.165, 1.54) is 24.0 Å². The molecule has 4 aromatic rings. The van der Waals surface area contributed by atoms with Gasteiger partial charge in [0.05, 0.1) is 49.5 Å². The summed E-state index contributed by atoms with van der Waals surface area (Å²) < 4.78 is 51.1. The van der Waals surface area contributed by atoms with Gasteiger partial charge in [-0.25, -0.2) is 4.98 Å². The highest BCUT2D eigenvalue weighted by molar-refractivity contribution is 6.31. The fourth-order valence-electron chi connectivity index (χ4n) is 8.12. The predicted molar refractivity (Wildman–Crippen MR) is 236 cm³/mol. The van der Waals surface area contributed by atoms with Crippen LogP contribution < -0.4 is 20.7 Å².